The van der Waals surface area contributed by atoms with E-state index in [-0.39, 0.29) is 17.3 Å². The van der Waals surface area contributed by atoms with Crippen LogP contribution in [0.1, 0.15) is 10.5 Å². The zero-order valence-corrected chi connectivity index (χ0v) is 9.64. The third kappa shape index (κ3) is 1.68. The third-order valence-corrected chi connectivity index (χ3v) is 3.09. The molecule has 90 valence electrons. The van der Waals surface area contributed by atoms with Crippen molar-refractivity contribution in [2.24, 2.45) is 0 Å². The van der Waals surface area contributed by atoms with Crippen LogP contribution in [0.4, 0.5) is 0 Å². The van der Waals surface area contributed by atoms with Crippen LogP contribution in [0.2, 0.25) is 0 Å². The Balaban J connectivity index is 2.03. The van der Waals surface area contributed by atoms with E-state index in [0.717, 1.165) is 4.88 Å². The van der Waals surface area contributed by atoms with E-state index in [1.54, 1.807) is 0 Å². The van der Waals surface area contributed by atoms with Crippen molar-refractivity contribution in [1.82, 2.24) is 20.1 Å². The molecule has 2 N–H and O–H groups in total. The second-order valence-corrected chi connectivity index (χ2v) is 4.28. The number of nitrogens with one attached hydrogen (secondary N) is 1. The third-order valence-electron chi connectivity index (χ3n) is 2.22. The molecule has 0 aromatic carbocycles. The summed E-state index contributed by atoms with van der Waals surface area (Å²) in [6, 6.07) is 3.72. The van der Waals surface area contributed by atoms with Gasteiger partial charge in [-0.15, -0.1) is 11.3 Å². The minimum absolute atomic E-state index is 0.105. The monoisotopic (exact) mass is 262 g/mol. The molecule has 0 amide bonds. The molecule has 0 saturated carbocycles. The summed E-state index contributed by atoms with van der Waals surface area (Å²) in [4.78, 5) is 22.3. The van der Waals surface area contributed by atoms with Crippen molar-refractivity contribution in [3.05, 3.63) is 29.5 Å². The highest BCUT2D eigenvalue weighted by molar-refractivity contribution is 7.13. The van der Waals surface area contributed by atoms with E-state index in [1.165, 1.54) is 17.7 Å². The van der Waals surface area contributed by atoms with E-state index in [1.807, 2.05) is 17.5 Å². The molecule has 3 rings (SSSR count). The van der Waals surface area contributed by atoms with Crippen molar-refractivity contribution in [3.8, 4) is 22.3 Å². The molecule has 3 aromatic rings. The summed E-state index contributed by atoms with van der Waals surface area (Å²) in [5.41, 5.74) is 0.0641. The number of hydrogen-bond donors (Lipinski definition) is 2. The van der Waals surface area contributed by atoms with Crippen molar-refractivity contribution >= 4 is 17.3 Å². The van der Waals surface area contributed by atoms with Gasteiger partial charge in [0.25, 0.3) is 5.89 Å². The van der Waals surface area contributed by atoms with Crippen LogP contribution in [0.3, 0.4) is 0 Å². The maximum Gasteiger partial charge on any atom is 0.356 e. The van der Waals surface area contributed by atoms with E-state index >= 15 is 0 Å². The van der Waals surface area contributed by atoms with Gasteiger partial charge < -0.3 is 14.6 Å². The van der Waals surface area contributed by atoms with Crippen molar-refractivity contribution < 1.29 is 14.4 Å². The van der Waals surface area contributed by atoms with Crippen LogP contribution in [-0.4, -0.2) is 31.2 Å². The summed E-state index contributed by atoms with van der Waals surface area (Å²) >= 11 is 1.47. The number of thiophene rings is 1. The lowest BCUT2D eigenvalue weighted by Crippen LogP contribution is -1.99. The van der Waals surface area contributed by atoms with Crippen LogP contribution in [0.15, 0.2) is 28.4 Å². The summed E-state index contributed by atoms with van der Waals surface area (Å²) in [5, 5.41) is 14.6. The van der Waals surface area contributed by atoms with Crippen LogP contribution >= 0.6 is 11.3 Å². The number of aromatic amines is 1. The number of hydrogen-bond acceptors (Lipinski definition) is 6. The minimum atomic E-state index is -1.15. The lowest BCUT2D eigenvalue weighted by atomic mass is 10.3. The Bertz CT molecular complexity index is 686. The number of H-pyrrole nitrogens is 1. The van der Waals surface area contributed by atoms with E-state index < -0.39 is 5.97 Å². The SMILES string of the molecule is O=C(O)c1nc[nH]c1-c1nc(-c2cccs2)no1. The number of rotatable bonds is 3. The molecular weight excluding hydrogens is 256 g/mol. The molecular formula is C10H6N4O3S. The van der Waals surface area contributed by atoms with Crippen LogP contribution in [-0.2, 0) is 0 Å². The lowest BCUT2D eigenvalue weighted by molar-refractivity contribution is 0.0691. The van der Waals surface area contributed by atoms with Crippen molar-refractivity contribution in [3.63, 3.8) is 0 Å². The van der Waals surface area contributed by atoms with Gasteiger partial charge in [0.1, 0.15) is 5.69 Å². The van der Waals surface area contributed by atoms with Gasteiger partial charge in [0, 0.05) is 0 Å². The summed E-state index contributed by atoms with van der Waals surface area (Å²) in [6.07, 6.45) is 1.27. The Hall–Kier alpha value is -2.48. The molecule has 8 heteroatoms. The summed E-state index contributed by atoms with van der Waals surface area (Å²) in [7, 11) is 0. The van der Waals surface area contributed by atoms with Gasteiger partial charge in [-0.1, -0.05) is 11.2 Å². The maximum atomic E-state index is 10.9. The Morgan fingerprint density at radius 3 is 3.11 bits per heavy atom. The molecule has 0 aliphatic heterocycles. The number of carboxylic acid groups (broad SMARTS) is 1. The summed E-state index contributed by atoms with van der Waals surface area (Å²) in [6.45, 7) is 0. The molecule has 0 radical (unpaired) electrons. The fourth-order valence-electron chi connectivity index (χ4n) is 1.45. The number of carbonyl (C=O) groups is 1. The van der Waals surface area contributed by atoms with Gasteiger partial charge in [0.2, 0.25) is 5.82 Å². The van der Waals surface area contributed by atoms with Gasteiger partial charge in [0.15, 0.2) is 5.69 Å². The number of aromatic nitrogens is 4. The first-order chi connectivity index (χ1) is 8.75. The highest BCUT2D eigenvalue weighted by Gasteiger charge is 2.20. The Labute approximate surface area is 104 Å². The number of imidazole rings is 1. The number of carboxylic acids is 1. The van der Waals surface area contributed by atoms with Gasteiger partial charge in [-0.3, -0.25) is 0 Å². The highest BCUT2D eigenvalue weighted by atomic mass is 32.1. The molecule has 0 atom stereocenters. The molecule has 0 saturated heterocycles. The molecule has 0 aliphatic rings. The molecule has 0 unspecified atom stereocenters. The minimum Gasteiger partial charge on any atom is -0.476 e. The summed E-state index contributed by atoms with van der Waals surface area (Å²) in [5.74, 6) is -0.624. The topological polar surface area (TPSA) is 105 Å². The normalized spacial score (nSPS) is 10.7. The molecule has 0 aliphatic carbocycles. The highest BCUT2D eigenvalue weighted by Crippen LogP contribution is 2.25. The molecule has 3 aromatic heterocycles. The van der Waals surface area contributed by atoms with E-state index in [9.17, 15) is 4.79 Å². The van der Waals surface area contributed by atoms with Gasteiger partial charge in [-0.2, -0.15) is 4.98 Å². The second kappa shape index (κ2) is 4.08. The first kappa shape index (κ1) is 10.7. The number of nitrogens with zero attached hydrogens (tertiary/aromatic N) is 3. The Kier molecular flexibility index (Phi) is 2.41. The lowest BCUT2D eigenvalue weighted by Gasteiger charge is -1.90. The van der Waals surface area contributed by atoms with Crippen LogP contribution in [0, 0.1) is 0 Å². The first-order valence-electron chi connectivity index (χ1n) is 4.90. The van der Waals surface area contributed by atoms with Crippen molar-refractivity contribution in [1.29, 1.82) is 0 Å². The van der Waals surface area contributed by atoms with Gasteiger partial charge in [-0.05, 0) is 11.4 Å². The molecule has 0 spiro atoms. The molecule has 18 heavy (non-hydrogen) atoms. The fraction of sp³-hybridized carbons (Fsp3) is 0. The zero-order chi connectivity index (χ0) is 12.5. The van der Waals surface area contributed by atoms with Gasteiger partial charge >= 0.3 is 5.97 Å². The maximum absolute atomic E-state index is 10.9. The van der Waals surface area contributed by atoms with Gasteiger partial charge in [0.05, 0.1) is 11.2 Å². The van der Waals surface area contributed by atoms with E-state index in [2.05, 4.69) is 20.1 Å². The standard InChI is InChI=1S/C10H6N4O3S/c15-10(16)7-6(11-4-12-7)9-13-8(14-17-9)5-2-1-3-18-5/h1-4H,(H,11,12)(H,15,16). The molecule has 0 bridgehead atoms. The smallest absolute Gasteiger partial charge is 0.356 e. The van der Waals surface area contributed by atoms with Crippen LogP contribution < -0.4 is 0 Å². The van der Waals surface area contributed by atoms with Gasteiger partial charge in [-0.25, -0.2) is 9.78 Å². The van der Waals surface area contributed by atoms with Crippen molar-refractivity contribution in [2.45, 2.75) is 0 Å². The Morgan fingerprint density at radius 2 is 2.39 bits per heavy atom. The molecule has 3 heterocycles. The fourth-order valence-corrected chi connectivity index (χ4v) is 2.10. The van der Waals surface area contributed by atoms with E-state index in [4.69, 9.17) is 9.63 Å². The Morgan fingerprint density at radius 1 is 1.50 bits per heavy atom. The van der Waals surface area contributed by atoms with E-state index in [0.29, 0.717) is 5.82 Å². The summed E-state index contributed by atoms with van der Waals surface area (Å²) < 4.78 is 5.03. The average Bonchev–Trinajstić information content (AvgIpc) is 3.10. The predicted octanol–water partition coefficient (Wildman–Crippen LogP) is 1.89. The average molecular weight is 262 g/mol. The first-order valence-corrected chi connectivity index (χ1v) is 5.78. The predicted molar refractivity (Wildman–Crippen MR) is 62.2 cm³/mol. The van der Waals surface area contributed by atoms with Crippen LogP contribution in [0.25, 0.3) is 22.3 Å². The van der Waals surface area contributed by atoms with Crippen LogP contribution in [0.5, 0.6) is 0 Å². The largest absolute Gasteiger partial charge is 0.476 e. The number of aromatic carboxylic acids is 1. The zero-order valence-electron chi connectivity index (χ0n) is 8.82. The second-order valence-electron chi connectivity index (χ2n) is 3.33. The van der Waals surface area contributed by atoms with Crippen molar-refractivity contribution in [2.75, 3.05) is 0 Å². The molecule has 7 nitrogen and oxygen atoms in total. The molecule has 0 fully saturated rings. The quantitative estimate of drug-likeness (QED) is 0.746.